The molecule has 0 unspecified atom stereocenters. The molecule has 1 amide bonds. The number of carbonyl (C=O) groups is 1. The maximum Gasteiger partial charge on any atom is 0.271 e. The van der Waals surface area contributed by atoms with Crippen LogP contribution in [0.3, 0.4) is 0 Å². The van der Waals surface area contributed by atoms with Gasteiger partial charge in [0.15, 0.2) is 0 Å². The van der Waals surface area contributed by atoms with Gasteiger partial charge in [0, 0.05) is 16.6 Å². The standard InChI is InChI=1S/C13H12N4O2S/c14-4-1-2-9-3-5-20-11(9)7-17-13(19)10-6-16-12(18)8-15-10/h3,5-6,8H,4,7,14H2,(H,16,18)(H,17,19). The monoisotopic (exact) mass is 288 g/mol. The number of nitrogens with two attached hydrogens (primary N) is 1. The Hall–Kier alpha value is -2.43. The number of aromatic amines is 1. The molecule has 0 aromatic carbocycles. The number of carbonyl (C=O) groups excluding carboxylic acids is 1. The van der Waals surface area contributed by atoms with Crippen molar-refractivity contribution in [2.45, 2.75) is 6.54 Å². The van der Waals surface area contributed by atoms with Crippen LogP contribution >= 0.6 is 11.3 Å². The number of aromatic nitrogens is 2. The number of H-pyrrole nitrogens is 1. The average Bonchev–Trinajstić information content (AvgIpc) is 2.90. The van der Waals surface area contributed by atoms with Crippen molar-refractivity contribution in [2.24, 2.45) is 5.73 Å². The maximum absolute atomic E-state index is 11.8. The van der Waals surface area contributed by atoms with Gasteiger partial charge in [0.05, 0.1) is 19.3 Å². The largest absolute Gasteiger partial charge is 0.346 e. The predicted molar refractivity (Wildman–Crippen MR) is 76.3 cm³/mol. The van der Waals surface area contributed by atoms with Crippen LogP contribution in [0, 0.1) is 11.8 Å². The predicted octanol–water partition coefficient (Wildman–Crippen LogP) is 0.0716. The van der Waals surface area contributed by atoms with Gasteiger partial charge in [0.25, 0.3) is 11.5 Å². The lowest BCUT2D eigenvalue weighted by molar-refractivity contribution is 0.0946. The van der Waals surface area contributed by atoms with E-state index in [0.717, 1.165) is 16.6 Å². The van der Waals surface area contributed by atoms with Gasteiger partial charge in [-0.2, -0.15) is 0 Å². The molecule has 0 bridgehead atoms. The number of hydrogen-bond donors (Lipinski definition) is 3. The molecule has 20 heavy (non-hydrogen) atoms. The van der Waals surface area contributed by atoms with E-state index in [-0.39, 0.29) is 17.2 Å². The number of rotatable bonds is 3. The van der Waals surface area contributed by atoms with Gasteiger partial charge < -0.3 is 16.0 Å². The van der Waals surface area contributed by atoms with Crippen LogP contribution in [0.5, 0.6) is 0 Å². The third-order valence-electron chi connectivity index (χ3n) is 2.38. The van der Waals surface area contributed by atoms with Crippen LogP contribution in [0.15, 0.2) is 28.6 Å². The summed E-state index contributed by atoms with van der Waals surface area (Å²) in [6, 6.07) is 1.88. The SMILES string of the molecule is NCC#Cc1ccsc1CNC(=O)c1c[nH]c(=O)cn1. The summed E-state index contributed by atoms with van der Waals surface area (Å²) >= 11 is 1.50. The number of hydrogen-bond acceptors (Lipinski definition) is 5. The van der Waals surface area contributed by atoms with Gasteiger partial charge in [0.2, 0.25) is 0 Å². The summed E-state index contributed by atoms with van der Waals surface area (Å²) in [5.74, 6) is 5.37. The Labute approximate surface area is 119 Å². The van der Waals surface area contributed by atoms with E-state index in [9.17, 15) is 9.59 Å². The fourth-order valence-electron chi connectivity index (χ4n) is 1.45. The van der Waals surface area contributed by atoms with Crippen molar-refractivity contribution < 1.29 is 4.79 Å². The Morgan fingerprint density at radius 1 is 1.55 bits per heavy atom. The van der Waals surface area contributed by atoms with Crippen molar-refractivity contribution >= 4 is 17.2 Å². The lowest BCUT2D eigenvalue weighted by Gasteiger charge is -2.03. The van der Waals surface area contributed by atoms with Crippen LogP contribution < -0.4 is 16.6 Å². The minimum Gasteiger partial charge on any atom is -0.346 e. The molecular formula is C13H12N4O2S. The van der Waals surface area contributed by atoms with E-state index in [4.69, 9.17) is 5.73 Å². The molecule has 0 spiro atoms. The minimum absolute atomic E-state index is 0.163. The van der Waals surface area contributed by atoms with Crippen molar-refractivity contribution in [3.8, 4) is 11.8 Å². The summed E-state index contributed by atoms with van der Waals surface area (Å²) in [7, 11) is 0. The molecule has 2 heterocycles. The van der Waals surface area contributed by atoms with Crippen molar-refractivity contribution in [1.82, 2.24) is 15.3 Å². The van der Waals surface area contributed by atoms with Crippen LogP contribution in [0.1, 0.15) is 20.9 Å². The number of amides is 1. The first-order valence-electron chi connectivity index (χ1n) is 5.79. The van der Waals surface area contributed by atoms with Gasteiger partial charge in [-0.3, -0.25) is 9.59 Å². The summed E-state index contributed by atoms with van der Waals surface area (Å²) in [5, 5.41) is 4.63. The third kappa shape index (κ3) is 3.54. The normalized spacial score (nSPS) is 9.65. The lowest BCUT2D eigenvalue weighted by Crippen LogP contribution is -2.25. The van der Waals surface area contributed by atoms with Gasteiger partial charge in [-0.05, 0) is 11.4 Å². The second-order valence-electron chi connectivity index (χ2n) is 3.74. The van der Waals surface area contributed by atoms with Crippen molar-refractivity contribution in [1.29, 1.82) is 0 Å². The summed E-state index contributed by atoms with van der Waals surface area (Å²) in [6.45, 7) is 0.648. The number of thiophene rings is 1. The molecule has 2 aromatic heterocycles. The molecule has 0 radical (unpaired) electrons. The zero-order chi connectivity index (χ0) is 14.4. The average molecular weight is 288 g/mol. The van der Waals surface area contributed by atoms with Gasteiger partial charge in [0.1, 0.15) is 5.69 Å². The highest BCUT2D eigenvalue weighted by atomic mass is 32.1. The minimum atomic E-state index is -0.354. The van der Waals surface area contributed by atoms with E-state index < -0.39 is 0 Å². The highest BCUT2D eigenvalue weighted by Crippen LogP contribution is 2.15. The molecular weight excluding hydrogens is 276 g/mol. The fourth-order valence-corrected chi connectivity index (χ4v) is 2.22. The van der Waals surface area contributed by atoms with E-state index in [1.807, 2.05) is 11.4 Å². The molecule has 0 saturated heterocycles. The Balaban J connectivity index is 2.02. The third-order valence-corrected chi connectivity index (χ3v) is 3.31. The zero-order valence-corrected chi connectivity index (χ0v) is 11.3. The Morgan fingerprint density at radius 2 is 2.40 bits per heavy atom. The summed E-state index contributed by atoms with van der Waals surface area (Å²) < 4.78 is 0. The van der Waals surface area contributed by atoms with Gasteiger partial charge in [-0.25, -0.2) is 4.98 Å². The van der Waals surface area contributed by atoms with E-state index in [1.165, 1.54) is 17.5 Å². The van der Waals surface area contributed by atoms with Crippen LogP contribution in [0.2, 0.25) is 0 Å². The second-order valence-corrected chi connectivity index (χ2v) is 4.74. The molecule has 0 saturated carbocycles. The number of nitrogens with one attached hydrogen (secondary N) is 2. The zero-order valence-electron chi connectivity index (χ0n) is 10.5. The first-order valence-corrected chi connectivity index (χ1v) is 6.67. The van der Waals surface area contributed by atoms with Gasteiger partial charge >= 0.3 is 0 Å². The van der Waals surface area contributed by atoms with Gasteiger partial charge in [-0.15, -0.1) is 11.3 Å². The Bertz CT molecular complexity index is 703. The Kier molecular flexibility index (Phi) is 4.65. The molecule has 6 nitrogen and oxygen atoms in total. The van der Waals surface area contributed by atoms with Crippen LogP contribution in [-0.4, -0.2) is 22.4 Å². The molecule has 0 aliphatic heterocycles. The summed E-state index contributed by atoms with van der Waals surface area (Å²) in [6.07, 6.45) is 2.35. The highest BCUT2D eigenvalue weighted by Gasteiger charge is 2.08. The topological polar surface area (TPSA) is 101 Å². The lowest BCUT2D eigenvalue weighted by atomic mass is 10.2. The molecule has 0 aliphatic carbocycles. The Morgan fingerprint density at radius 3 is 3.10 bits per heavy atom. The van der Waals surface area contributed by atoms with Crippen LogP contribution in [0.25, 0.3) is 0 Å². The smallest absolute Gasteiger partial charge is 0.271 e. The first-order chi connectivity index (χ1) is 9.70. The van der Waals surface area contributed by atoms with Crippen molar-refractivity contribution in [3.63, 3.8) is 0 Å². The molecule has 7 heteroatoms. The highest BCUT2D eigenvalue weighted by molar-refractivity contribution is 7.10. The molecule has 102 valence electrons. The van der Waals surface area contributed by atoms with Gasteiger partial charge in [-0.1, -0.05) is 11.8 Å². The molecule has 2 rings (SSSR count). The molecule has 0 fully saturated rings. The van der Waals surface area contributed by atoms with E-state index >= 15 is 0 Å². The maximum atomic E-state index is 11.8. The van der Waals surface area contributed by atoms with Crippen molar-refractivity contribution in [3.05, 3.63) is 50.3 Å². The van der Waals surface area contributed by atoms with Crippen LogP contribution in [0.4, 0.5) is 0 Å². The molecule has 2 aromatic rings. The fraction of sp³-hybridized carbons (Fsp3) is 0.154. The quantitative estimate of drug-likeness (QED) is 0.696. The summed E-state index contributed by atoms with van der Waals surface area (Å²) in [5.41, 5.74) is 6.00. The second kappa shape index (κ2) is 6.65. The van der Waals surface area contributed by atoms with Crippen LogP contribution in [-0.2, 0) is 6.54 Å². The van der Waals surface area contributed by atoms with E-state index in [2.05, 4.69) is 27.1 Å². The van der Waals surface area contributed by atoms with Crippen molar-refractivity contribution in [2.75, 3.05) is 6.54 Å². The first kappa shape index (κ1) is 14.0. The molecule has 4 N–H and O–H groups in total. The summed E-state index contributed by atoms with van der Waals surface area (Å²) in [4.78, 5) is 29.8. The molecule has 0 atom stereocenters. The molecule has 0 aliphatic rings. The van der Waals surface area contributed by atoms with E-state index in [0.29, 0.717) is 13.1 Å². The number of nitrogens with zero attached hydrogens (tertiary/aromatic N) is 1. The van der Waals surface area contributed by atoms with E-state index in [1.54, 1.807) is 0 Å².